The Bertz CT molecular complexity index is 3540. The molecule has 3 aromatic carbocycles. The summed E-state index contributed by atoms with van der Waals surface area (Å²) in [5.74, 6) is 21.2. The van der Waals surface area contributed by atoms with E-state index in [0.717, 1.165) is 145 Å². The lowest BCUT2D eigenvalue weighted by molar-refractivity contribution is 0.487. The van der Waals surface area contributed by atoms with Crippen LogP contribution in [0.2, 0.25) is 0 Å². The third-order valence-electron chi connectivity index (χ3n) is 14.1. The van der Waals surface area contributed by atoms with Gasteiger partial charge in [0.1, 0.15) is 34.6 Å². The second-order valence-corrected chi connectivity index (χ2v) is 19.5. The third-order valence-corrected chi connectivity index (χ3v) is 14.1. The van der Waals surface area contributed by atoms with E-state index in [-0.39, 0.29) is 34.8 Å². The topological polar surface area (TPSA) is 143 Å². The lowest BCUT2D eigenvalue weighted by Gasteiger charge is -2.16. The van der Waals surface area contributed by atoms with Crippen LogP contribution in [0.15, 0.2) is 142 Å². The predicted octanol–water partition coefficient (Wildman–Crippen LogP) is 10.4. The van der Waals surface area contributed by atoms with Crippen LogP contribution in [0, 0.1) is 35.5 Å². The fraction of sp³-hybridized carbons (Fsp3) is 0.286. The predicted molar refractivity (Wildman–Crippen MR) is 295 cm³/mol. The van der Waals surface area contributed by atoms with Crippen LogP contribution in [-0.4, -0.2) is 43.6 Å². The molecule has 12 nitrogen and oxygen atoms in total. The van der Waals surface area contributed by atoms with Gasteiger partial charge in [-0.2, -0.15) is 0 Å². The highest BCUT2D eigenvalue weighted by Crippen LogP contribution is 2.26. The van der Waals surface area contributed by atoms with Gasteiger partial charge in [-0.3, -0.25) is 28.1 Å². The van der Waals surface area contributed by atoms with E-state index in [2.05, 4.69) is 71.2 Å². The first-order valence-corrected chi connectivity index (χ1v) is 26.1. The molecule has 0 saturated heterocycles. The molecule has 3 aliphatic rings. The van der Waals surface area contributed by atoms with E-state index < -0.39 is 0 Å². The highest BCUT2D eigenvalue weighted by atomic mass is 16.1. The minimum atomic E-state index is 0.0682. The third kappa shape index (κ3) is 11.5. The summed E-state index contributed by atoms with van der Waals surface area (Å²) in [6.45, 7) is 6.32. The van der Waals surface area contributed by atoms with Crippen LogP contribution in [-0.2, 0) is 19.3 Å². The van der Waals surface area contributed by atoms with Gasteiger partial charge in [-0.1, -0.05) is 55.2 Å². The molecule has 372 valence electrons. The van der Waals surface area contributed by atoms with E-state index in [9.17, 15) is 14.4 Å². The number of benzene rings is 3. The summed E-state index contributed by atoms with van der Waals surface area (Å²) in [6.07, 6.45) is 17.5. The Morgan fingerprint density at radius 2 is 0.693 bits per heavy atom. The number of hydrogen-bond acceptors (Lipinski definition) is 9. The average Bonchev–Trinajstić information content (AvgIpc) is 3.84. The van der Waals surface area contributed by atoms with Crippen molar-refractivity contribution in [1.29, 1.82) is 0 Å². The minimum Gasteiger partial charge on any atom is -0.293 e. The van der Waals surface area contributed by atoms with Gasteiger partial charge in [-0.05, 0) is 168 Å². The minimum absolute atomic E-state index is 0.0682. The van der Waals surface area contributed by atoms with Crippen molar-refractivity contribution in [3.63, 3.8) is 0 Å². The summed E-state index contributed by atoms with van der Waals surface area (Å²) in [4.78, 5) is 65.7. The Morgan fingerprint density at radius 1 is 0.387 bits per heavy atom. The monoisotopic (exact) mass is 987 g/mol. The largest absolute Gasteiger partial charge is 0.293 e. The van der Waals surface area contributed by atoms with Crippen molar-refractivity contribution in [1.82, 2.24) is 43.6 Å². The van der Waals surface area contributed by atoms with E-state index in [1.165, 1.54) is 0 Å². The average molecular weight is 988 g/mol. The van der Waals surface area contributed by atoms with Gasteiger partial charge in [0.05, 0.1) is 32.7 Å². The molecule has 6 aromatic heterocycles. The first-order chi connectivity index (χ1) is 36.7. The molecule has 0 N–H and O–H groups in total. The van der Waals surface area contributed by atoms with E-state index in [1.54, 1.807) is 18.6 Å². The summed E-state index contributed by atoms with van der Waals surface area (Å²) < 4.78 is 5.65. The molecule has 0 spiro atoms. The van der Waals surface area contributed by atoms with Crippen molar-refractivity contribution >= 4 is 32.7 Å². The van der Waals surface area contributed by atoms with Crippen molar-refractivity contribution in [2.24, 2.45) is 0 Å². The number of fused-ring (bicyclic) bond motifs is 6. The molecule has 0 saturated carbocycles. The zero-order valence-electron chi connectivity index (χ0n) is 42.6. The van der Waals surface area contributed by atoms with Gasteiger partial charge in [0, 0.05) is 72.7 Å². The Morgan fingerprint density at radius 3 is 0.973 bits per heavy atom. The van der Waals surface area contributed by atoms with Crippen LogP contribution in [0.25, 0.3) is 32.7 Å². The number of pyridine rings is 3. The molecule has 75 heavy (non-hydrogen) atoms. The number of nitrogens with zero attached hydrogens (tertiary/aromatic N) is 9. The number of aryl methyl sites for hydroxylation is 3. The van der Waals surface area contributed by atoms with E-state index >= 15 is 0 Å². The molecule has 0 fully saturated rings. The maximum absolute atomic E-state index is 12.9. The summed E-state index contributed by atoms with van der Waals surface area (Å²) in [5, 5.41) is 2.00. The standard InChI is InChI=1S/3C21H19N3O/c3*1-15-6-2-3-8-20-23-19-14-16(9-11-17-7-4-5-13-22-17)10-12-18(19)21(25)24(15)20/h3*4-5,7,10,12-15H,2-3,6,8H2,1H3. The lowest BCUT2D eigenvalue weighted by atomic mass is 10.1. The molecule has 0 bridgehead atoms. The molecule has 12 rings (SSSR count). The number of hydrogen-bond donors (Lipinski definition) is 0. The normalized spacial score (nSPS) is 16.6. The molecule has 0 aliphatic carbocycles. The fourth-order valence-electron chi connectivity index (χ4n) is 10.1. The van der Waals surface area contributed by atoms with Gasteiger partial charge in [0.25, 0.3) is 16.7 Å². The second kappa shape index (κ2) is 23.0. The van der Waals surface area contributed by atoms with Crippen molar-refractivity contribution in [3.05, 3.63) is 210 Å². The Kier molecular flexibility index (Phi) is 15.2. The lowest BCUT2D eigenvalue weighted by Crippen LogP contribution is -2.27. The molecule has 0 radical (unpaired) electrons. The first-order valence-electron chi connectivity index (χ1n) is 26.1. The fourth-order valence-corrected chi connectivity index (χ4v) is 10.1. The van der Waals surface area contributed by atoms with Crippen LogP contribution < -0.4 is 16.7 Å². The molecular weight excluding hydrogens is 931 g/mol. The zero-order chi connectivity index (χ0) is 51.7. The van der Waals surface area contributed by atoms with Gasteiger partial charge in [-0.15, -0.1) is 0 Å². The Balaban J connectivity index is 0.000000128. The van der Waals surface area contributed by atoms with Gasteiger partial charge < -0.3 is 0 Å². The SMILES string of the molecule is CC1CCCCc2nc3cc(C#Cc4ccccn4)ccc3c(=O)n21.CC1CCCCc2nc3cc(C#Cc4ccccn4)ccc3c(=O)n21.CC1CCCCc2nc3cc(C#Cc4ccccn4)ccc3c(=O)n21. The molecule has 9 aromatic rings. The maximum Gasteiger partial charge on any atom is 0.261 e. The van der Waals surface area contributed by atoms with Gasteiger partial charge in [0.2, 0.25) is 0 Å². The summed E-state index contributed by atoms with van der Waals surface area (Å²) >= 11 is 0. The van der Waals surface area contributed by atoms with E-state index in [1.807, 2.05) is 123 Å². The van der Waals surface area contributed by atoms with Gasteiger partial charge in [-0.25, -0.2) is 29.9 Å². The number of aromatic nitrogens is 9. The summed E-state index contributed by atoms with van der Waals surface area (Å²) in [5.41, 5.74) is 7.12. The van der Waals surface area contributed by atoms with E-state index in [4.69, 9.17) is 15.0 Å². The second-order valence-electron chi connectivity index (χ2n) is 19.5. The summed E-state index contributed by atoms with van der Waals surface area (Å²) in [7, 11) is 0. The van der Waals surface area contributed by atoms with Gasteiger partial charge >= 0.3 is 0 Å². The van der Waals surface area contributed by atoms with Crippen LogP contribution >= 0.6 is 0 Å². The molecular formula is C63H57N9O3. The molecule has 0 amide bonds. The van der Waals surface area contributed by atoms with Crippen LogP contribution in [0.5, 0.6) is 0 Å². The van der Waals surface area contributed by atoms with Crippen molar-refractivity contribution in [2.75, 3.05) is 0 Å². The molecule has 3 unspecified atom stereocenters. The van der Waals surface area contributed by atoms with Crippen LogP contribution in [0.4, 0.5) is 0 Å². The van der Waals surface area contributed by atoms with Crippen molar-refractivity contribution in [3.8, 4) is 35.5 Å². The highest BCUT2D eigenvalue weighted by Gasteiger charge is 2.21. The maximum atomic E-state index is 12.9. The van der Waals surface area contributed by atoms with Gasteiger partial charge in [0.15, 0.2) is 0 Å². The molecule has 3 atom stereocenters. The van der Waals surface area contributed by atoms with Crippen LogP contribution in [0.1, 0.15) is 148 Å². The number of rotatable bonds is 0. The molecule has 12 heteroatoms. The van der Waals surface area contributed by atoms with Crippen molar-refractivity contribution < 1.29 is 0 Å². The quantitative estimate of drug-likeness (QED) is 0.136. The summed E-state index contributed by atoms with van der Waals surface area (Å²) in [6, 6.07) is 34.5. The smallest absolute Gasteiger partial charge is 0.261 e. The van der Waals surface area contributed by atoms with Crippen LogP contribution in [0.3, 0.4) is 0 Å². The molecule has 3 aliphatic heterocycles. The van der Waals surface area contributed by atoms with E-state index in [0.29, 0.717) is 16.2 Å². The van der Waals surface area contributed by atoms with Crippen molar-refractivity contribution in [2.45, 2.75) is 116 Å². The zero-order valence-corrected chi connectivity index (χ0v) is 42.6. The Hall–Kier alpha value is -8.79. The molecule has 9 heterocycles. The first kappa shape index (κ1) is 49.8. The highest BCUT2D eigenvalue weighted by molar-refractivity contribution is 5.81. The Labute approximate surface area is 436 Å².